The summed E-state index contributed by atoms with van der Waals surface area (Å²) < 4.78 is 0.879. The summed E-state index contributed by atoms with van der Waals surface area (Å²) in [6, 6.07) is 12.0. The van der Waals surface area contributed by atoms with Gasteiger partial charge in [-0.1, -0.05) is 46.3 Å². The lowest BCUT2D eigenvalue weighted by Gasteiger charge is -2.00. The molecule has 0 saturated carbocycles. The van der Waals surface area contributed by atoms with Crippen LogP contribution < -0.4 is 0 Å². The number of ketones is 1. The van der Waals surface area contributed by atoms with Crippen molar-refractivity contribution < 1.29 is 9.72 Å². The smallest absolute Gasteiger partial charge is 0.273 e. The number of benzene rings is 2. The van der Waals surface area contributed by atoms with Gasteiger partial charge in [0, 0.05) is 21.7 Å². The molecule has 0 aromatic heterocycles. The fourth-order valence-corrected chi connectivity index (χ4v) is 2.25. The van der Waals surface area contributed by atoms with E-state index in [4.69, 9.17) is 0 Å². The van der Waals surface area contributed by atoms with Gasteiger partial charge < -0.3 is 0 Å². The highest BCUT2D eigenvalue weighted by molar-refractivity contribution is 9.10. The molecule has 0 atom stereocenters. The first-order valence-electron chi connectivity index (χ1n) is 6.21. The maximum Gasteiger partial charge on any atom is 0.273 e. The molecule has 2 aromatic rings. The Balaban J connectivity index is 2.27. The first-order chi connectivity index (χ1) is 9.99. The van der Waals surface area contributed by atoms with Gasteiger partial charge in [-0.05, 0) is 30.7 Å². The molecule has 2 aromatic carbocycles. The van der Waals surface area contributed by atoms with Crippen LogP contribution in [-0.4, -0.2) is 10.7 Å². The quantitative estimate of drug-likeness (QED) is 0.353. The van der Waals surface area contributed by atoms with Gasteiger partial charge in [-0.25, -0.2) is 0 Å². The van der Waals surface area contributed by atoms with Crippen molar-refractivity contribution in [3.8, 4) is 0 Å². The van der Waals surface area contributed by atoms with E-state index in [1.54, 1.807) is 25.1 Å². The average Bonchev–Trinajstić information content (AvgIpc) is 2.46. The van der Waals surface area contributed by atoms with Gasteiger partial charge >= 0.3 is 0 Å². The molecule has 0 spiro atoms. The summed E-state index contributed by atoms with van der Waals surface area (Å²) in [5.41, 5.74) is 1.66. The van der Waals surface area contributed by atoms with Crippen molar-refractivity contribution in [3.63, 3.8) is 0 Å². The molecular formula is C16H12BrNO3. The second-order valence-corrected chi connectivity index (χ2v) is 5.33. The Labute approximate surface area is 130 Å². The lowest BCUT2D eigenvalue weighted by atomic mass is 10.1. The summed E-state index contributed by atoms with van der Waals surface area (Å²) in [6.45, 7) is 1.64. The number of carbonyl (C=O) groups is 1. The van der Waals surface area contributed by atoms with Crippen molar-refractivity contribution in [2.24, 2.45) is 0 Å². The second kappa shape index (κ2) is 6.45. The number of nitro benzene ring substituents is 1. The highest BCUT2D eigenvalue weighted by atomic mass is 79.9. The van der Waals surface area contributed by atoms with Crippen molar-refractivity contribution >= 4 is 33.5 Å². The molecule has 0 amide bonds. The predicted molar refractivity (Wildman–Crippen MR) is 85.3 cm³/mol. The molecule has 0 bridgehead atoms. The summed E-state index contributed by atoms with van der Waals surface area (Å²) in [6.07, 6.45) is 3.09. The van der Waals surface area contributed by atoms with E-state index in [1.807, 2.05) is 24.3 Å². The summed E-state index contributed by atoms with van der Waals surface area (Å²) in [7, 11) is 0. The third-order valence-corrected chi connectivity index (χ3v) is 3.73. The normalized spacial score (nSPS) is 10.8. The van der Waals surface area contributed by atoms with Crippen LogP contribution in [-0.2, 0) is 0 Å². The van der Waals surface area contributed by atoms with E-state index in [1.165, 1.54) is 12.1 Å². The monoisotopic (exact) mass is 345 g/mol. The van der Waals surface area contributed by atoms with Crippen molar-refractivity contribution in [2.75, 3.05) is 0 Å². The van der Waals surface area contributed by atoms with E-state index in [-0.39, 0.29) is 11.5 Å². The molecule has 21 heavy (non-hydrogen) atoms. The number of rotatable bonds is 4. The second-order valence-electron chi connectivity index (χ2n) is 4.48. The van der Waals surface area contributed by atoms with Gasteiger partial charge in [0.1, 0.15) is 0 Å². The zero-order chi connectivity index (χ0) is 15.4. The van der Waals surface area contributed by atoms with Gasteiger partial charge in [0.05, 0.1) is 4.92 Å². The molecule has 0 heterocycles. The first kappa shape index (κ1) is 15.1. The van der Waals surface area contributed by atoms with E-state index >= 15 is 0 Å². The van der Waals surface area contributed by atoms with E-state index in [2.05, 4.69) is 15.9 Å². The molecule has 0 fully saturated rings. The Hall–Kier alpha value is -2.27. The van der Waals surface area contributed by atoms with Gasteiger partial charge in [-0.3, -0.25) is 14.9 Å². The Morgan fingerprint density at radius 3 is 2.62 bits per heavy atom. The van der Waals surface area contributed by atoms with Gasteiger partial charge in [-0.15, -0.1) is 0 Å². The average molecular weight is 346 g/mol. The fourth-order valence-electron chi connectivity index (χ4n) is 1.83. The zero-order valence-electron chi connectivity index (χ0n) is 11.2. The van der Waals surface area contributed by atoms with E-state index < -0.39 is 4.92 Å². The number of hydrogen-bond donors (Lipinski definition) is 0. The molecule has 0 aliphatic heterocycles. The molecule has 0 unspecified atom stereocenters. The number of nitrogens with zero attached hydrogens (tertiary/aromatic N) is 1. The first-order valence-corrected chi connectivity index (χ1v) is 7.00. The molecule has 0 saturated heterocycles. The third-order valence-electron chi connectivity index (χ3n) is 3.01. The Kier molecular flexibility index (Phi) is 4.65. The predicted octanol–water partition coefficient (Wildman–Crippen LogP) is 4.56. The minimum Gasteiger partial charge on any atom is -0.289 e. The minimum atomic E-state index is -0.483. The van der Waals surface area contributed by atoms with Crippen LogP contribution in [0.15, 0.2) is 53.0 Å². The number of nitro groups is 1. The standard InChI is InChI=1S/C16H12BrNO3/c1-11-6-7-13(10-15(11)18(20)21)16(19)9-8-12-4-2-3-5-14(12)17/h2-10H,1H3/b9-8+. The summed E-state index contributed by atoms with van der Waals surface area (Å²) in [5, 5.41) is 10.9. The van der Waals surface area contributed by atoms with Gasteiger partial charge in [-0.2, -0.15) is 0 Å². The van der Waals surface area contributed by atoms with Crippen molar-refractivity contribution in [1.29, 1.82) is 0 Å². The van der Waals surface area contributed by atoms with Crippen molar-refractivity contribution in [3.05, 3.63) is 79.8 Å². The van der Waals surface area contributed by atoms with Crippen LogP contribution in [0.1, 0.15) is 21.5 Å². The molecule has 5 heteroatoms. The highest BCUT2D eigenvalue weighted by Crippen LogP contribution is 2.21. The van der Waals surface area contributed by atoms with Gasteiger partial charge in [0.2, 0.25) is 0 Å². The number of hydrogen-bond acceptors (Lipinski definition) is 3. The van der Waals surface area contributed by atoms with E-state index in [9.17, 15) is 14.9 Å². The topological polar surface area (TPSA) is 60.2 Å². The summed E-state index contributed by atoms with van der Waals surface area (Å²) in [5.74, 6) is -0.270. The lowest BCUT2D eigenvalue weighted by Crippen LogP contribution is -1.98. The van der Waals surface area contributed by atoms with Crippen LogP contribution in [0.2, 0.25) is 0 Å². The number of aryl methyl sites for hydroxylation is 1. The summed E-state index contributed by atoms with van der Waals surface area (Å²) >= 11 is 3.39. The van der Waals surface area contributed by atoms with Crippen LogP contribution in [0.5, 0.6) is 0 Å². The van der Waals surface area contributed by atoms with Crippen LogP contribution in [0.4, 0.5) is 5.69 Å². The van der Waals surface area contributed by atoms with Crippen LogP contribution in [0, 0.1) is 17.0 Å². The number of carbonyl (C=O) groups excluding carboxylic acids is 1. The van der Waals surface area contributed by atoms with Crippen LogP contribution in [0.3, 0.4) is 0 Å². The Morgan fingerprint density at radius 1 is 1.24 bits per heavy atom. The van der Waals surface area contributed by atoms with E-state index in [0.29, 0.717) is 11.1 Å². The fraction of sp³-hybridized carbons (Fsp3) is 0.0625. The minimum absolute atomic E-state index is 0.0462. The summed E-state index contributed by atoms with van der Waals surface area (Å²) in [4.78, 5) is 22.5. The maximum atomic E-state index is 12.1. The van der Waals surface area contributed by atoms with Gasteiger partial charge in [0.25, 0.3) is 5.69 Å². The Morgan fingerprint density at radius 2 is 1.95 bits per heavy atom. The van der Waals surface area contributed by atoms with Gasteiger partial charge in [0.15, 0.2) is 5.78 Å². The molecule has 0 aliphatic rings. The zero-order valence-corrected chi connectivity index (χ0v) is 12.8. The lowest BCUT2D eigenvalue weighted by molar-refractivity contribution is -0.385. The van der Waals surface area contributed by atoms with Crippen molar-refractivity contribution in [2.45, 2.75) is 6.92 Å². The molecule has 0 radical (unpaired) electrons. The molecule has 0 aliphatic carbocycles. The third kappa shape index (κ3) is 3.64. The molecule has 0 N–H and O–H groups in total. The molecule has 4 nitrogen and oxygen atoms in total. The Bertz CT molecular complexity index is 738. The highest BCUT2D eigenvalue weighted by Gasteiger charge is 2.13. The molecular weight excluding hydrogens is 334 g/mol. The molecule has 106 valence electrons. The molecule has 2 rings (SSSR count). The largest absolute Gasteiger partial charge is 0.289 e. The van der Waals surface area contributed by atoms with Crippen LogP contribution in [0.25, 0.3) is 6.08 Å². The SMILES string of the molecule is Cc1ccc(C(=O)/C=C/c2ccccc2Br)cc1[N+](=O)[O-]. The van der Waals surface area contributed by atoms with Crippen LogP contribution >= 0.6 is 15.9 Å². The number of halogens is 1. The van der Waals surface area contributed by atoms with Crippen molar-refractivity contribution in [1.82, 2.24) is 0 Å². The maximum absolute atomic E-state index is 12.1. The number of allylic oxidation sites excluding steroid dienone is 1. The van der Waals surface area contributed by atoms with E-state index in [0.717, 1.165) is 10.0 Å².